The largest absolute Gasteiger partial charge is 0.310 e. The van der Waals surface area contributed by atoms with Crippen LogP contribution in [0.15, 0.2) is 29.0 Å². The van der Waals surface area contributed by atoms with Gasteiger partial charge in [0.2, 0.25) is 0 Å². The Balaban J connectivity index is 2.07. The molecule has 0 atom stereocenters. The van der Waals surface area contributed by atoms with E-state index in [1.54, 1.807) is 12.4 Å². The topological polar surface area (TPSA) is 30.7 Å². The molecule has 5 heteroatoms. The predicted molar refractivity (Wildman–Crippen MR) is 61.4 cm³/mol. The highest BCUT2D eigenvalue weighted by atomic mass is 79.9. The molecule has 16 heavy (non-hydrogen) atoms. The van der Waals surface area contributed by atoms with E-state index in [0.29, 0.717) is 10.5 Å². The highest BCUT2D eigenvalue weighted by Gasteiger charge is 2.26. The number of halogens is 2. The maximum atomic E-state index is 13.4. The van der Waals surface area contributed by atoms with Gasteiger partial charge in [0.25, 0.3) is 0 Å². The van der Waals surface area contributed by atoms with E-state index >= 15 is 0 Å². The van der Waals surface area contributed by atoms with Crippen LogP contribution in [0.1, 0.15) is 18.9 Å². The molecule has 0 saturated heterocycles. The van der Waals surface area contributed by atoms with Gasteiger partial charge >= 0.3 is 0 Å². The molecule has 3 rings (SSSR count). The predicted octanol–water partition coefficient (Wildman–Crippen LogP) is 3.18. The van der Waals surface area contributed by atoms with Crippen LogP contribution in [0.2, 0.25) is 0 Å². The van der Waals surface area contributed by atoms with Crippen molar-refractivity contribution in [3.8, 4) is 11.4 Å². The van der Waals surface area contributed by atoms with Gasteiger partial charge in [0, 0.05) is 11.6 Å². The summed E-state index contributed by atoms with van der Waals surface area (Å²) in [6.45, 7) is 0. The van der Waals surface area contributed by atoms with Gasteiger partial charge in [-0.3, -0.25) is 0 Å². The number of benzene rings is 1. The van der Waals surface area contributed by atoms with E-state index < -0.39 is 0 Å². The van der Waals surface area contributed by atoms with Gasteiger partial charge < -0.3 is 4.57 Å². The normalized spacial score (nSPS) is 15.4. The number of rotatable bonds is 2. The minimum atomic E-state index is -0.275. The van der Waals surface area contributed by atoms with Gasteiger partial charge in [-0.05, 0) is 47.0 Å². The van der Waals surface area contributed by atoms with Crippen molar-refractivity contribution in [3.05, 3.63) is 34.8 Å². The van der Waals surface area contributed by atoms with Crippen molar-refractivity contribution in [1.82, 2.24) is 14.8 Å². The first-order valence-electron chi connectivity index (χ1n) is 5.10. The quantitative estimate of drug-likeness (QED) is 0.847. The van der Waals surface area contributed by atoms with Crippen LogP contribution in [-0.2, 0) is 0 Å². The molecule has 1 aliphatic rings. The lowest BCUT2D eigenvalue weighted by Gasteiger charge is -2.05. The van der Waals surface area contributed by atoms with Crippen LogP contribution in [0.3, 0.4) is 0 Å². The Labute approximate surface area is 100 Å². The zero-order chi connectivity index (χ0) is 11.1. The van der Waals surface area contributed by atoms with E-state index in [4.69, 9.17) is 0 Å². The Morgan fingerprint density at radius 1 is 1.38 bits per heavy atom. The van der Waals surface area contributed by atoms with Crippen LogP contribution in [0.25, 0.3) is 11.4 Å². The molecule has 3 nitrogen and oxygen atoms in total. The standard InChI is InChI=1S/C11H9BrFN3/c12-9-4-1-7(5-10(9)13)11-15-14-6-16(11)8-2-3-8/h1,4-6,8H,2-3H2. The first-order valence-corrected chi connectivity index (χ1v) is 5.90. The average molecular weight is 282 g/mol. The van der Waals surface area contributed by atoms with Crippen LogP contribution < -0.4 is 0 Å². The van der Waals surface area contributed by atoms with Crippen LogP contribution in [-0.4, -0.2) is 14.8 Å². The number of nitrogens with zero attached hydrogens (tertiary/aromatic N) is 3. The molecular weight excluding hydrogens is 273 g/mol. The summed E-state index contributed by atoms with van der Waals surface area (Å²) in [6, 6.07) is 5.51. The minimum Gasteiger partial charge on any atom is -0.310 e. The maximum Gasteiger partial charge on any atom is 0.164 e. The third-order valence-corrected chi connectivity index (χ3v) is 3.33. The molecule has 1 aliphatic carbocycles. The number of hydrogen-bond donors (Lipinski definition) is 0. The first-order chi connectivity index (χ1) is 7.75. The summed E-state index contributed by atoms with van der Waals surface area (Å²) in [4.78, 5) is 0. The molecule has 82 valence electrons. The lowest BCUT2D eigenvalue weighted by Crippen LogP contribution is -1.96. The van der Waals surface area contributed by atoms with Crippen molar-refractivity contribution in [2.45, 2.75) is 18.9 Å². The molecule has 0 unspecified atom stereocenters. The van der Waals surface area contributed by atoms with Gasteiger partial charge in [0.1, 0.15) is 12.1 Å². The summed E-state index contributed by atoms with van der Waals surface area (Å²) in [5.74, 6) is 0.469. The highest BCUT2D eigenvalue weighted by molar-refractivity contribution is 9.10. The molecule has 0 bridgehead atoms. The summed E-state index contributed by atoms with van der Waals surface area (Å²) in [5.41, 5.74) is 0.769. The monoisotopic (exact) mass is 281 g/mol. The molecule has 1 saturated carbocycles. The molecule has 0 radical (unpaired) electrons. The summed E-state index contributed by atoms with van der Waals surface area (Å²) in [7, 11) is 0. The third kappa shape index (κ3) is 1.65. The molecular formula is C11H9BrFN3. The first kappa shape index (κ1) is 9.96. The Morgan fingerprint density at radius 2 is 2.19 bits per heavy atom. The van der Waals surface area contributed by atoms with E-state index in [1.807, 2.05) is 10.6 Å². The number of aromatic nitrogens is 3. The fourth-order valence-electron chi connectivity index (χ4n) is 1.70. The Kier molecular flexibility index (Phi) is 2.28. The van der Waals surface area contributed by atoms with Gasteiger partial charge in [-0.15, -0.1) is 10.2 Å². The van der Waals surface area contributed by atoms with E-state index in [9.17, 15) is 4.39 Å². The molecule has 1 aromatic carbocycles. The average Bonchev–Trinajstić information content (AvgIpc) is 3.01. The second-order valence-electron chi connectivity index (χ2n) is 3.92. The highest BCUT2D eigenvalue weighted by Crippen LogP contribution is 2.37. The molecule has 0 N–H and O–H groups in total. The molecule has 0 amide bonds. The van der Waals surface area contributed by atoms with Crippen LogP contribution >= 0.6 is 15.9 Å². The smallest absolute Gasteiger partial charge is 0.164 e. The minimum absolute atomic E-state index is 0.275. The Hall–Kier alpha value is -1.23. The van der Waals surface area contributed by atoms with Crippen LogP contribution in [0, 0.1) is 5.82 Å². The lowest BCUT2D eigenvalue weighted by molar-refractivity contribution is 0.621. The van der Waals surface area contributed by atoms with Gasteiger partial charge in [0.05, 0.1) is 4.47 Å². The van der Waals surface area contributed by atoms with Gasteiger partial charge in [-0.25, -0.2) is 4.39 Å². The van der Waals surface area contributed by atoms with E-state index in [0.717, 1.165) is 24.2 Å². The fourth-order valence-corrected chi connectivity index (χ4v) is 1.95. The van der Waals surface area contributed by atoms with Crippen molar-refractivity contribution in [3.63, 3.8) is 0 Å². The van der Waals surface area contributed by atoms with E-state index in [-0.39, 0.29) is 5.82 Å². The SMILES string of the molecule is Fc1cc(-c2nncn2C2CC2)ccc1Br. The second kappa shape index (κ2) is 3.66. The molecule has 1 aromatic heterocycles. The van der Waals surface area contributed by atoms with Gasteiger partial charge in [-0.1, -0.05) is 0 Å². The van der Waals surface area contributed by atoms with Gasteiger partial charge in [-0.2, -0.15) is 0 Å². The maximum absolute atomic E-state index is 13.4. The molecule has 1 fully saturated rings. The summed E-state index contributed by atoms with van der Waals surface area (Å²) >= 11 is 3.13. The zero-order valence-corrected chi connectivity index (χ0v) is 9.98. The lowest BCUT2D eigenvalue weighted by atomic mass is 10.2. The molecule has 0 aliphatic heterocycles. The van der Waals surface area contributed by atoms with Crippen LogP contribution in [0.5, 0.6) is 0 Å². The molecule has 1 heterocycles. The van der Waals surface area contributed by atoms with Gasteiger partial charge in [0.15, 0.2) is 5.82 Å². The van der Waals surface area contributed by atoms with Crippen LogP contribution in [0.4, 0.5) is 4.39 Å². The molecule has 0 spiro atoms. The fraction of sp³-hybridized carbons (Fsp3) is 0.273. The summed E-state index contributed by atoms with van der Waals surface area (Å²) in [6.07, 6.45) is 4.03. The molecule has 2 aromatic rings. The Bertz CT molecular complexity index is 534. The Morgan fingerprint density at radius 3 is 2.88 bits per heavy atom. The summed E-state index contributed by atoms with van der Waals surface area (Å²) in [5, 5.41) is 7.94. The third-order valence-electron chi connectivity index (χ3n) is 2.69. The second-order valence-corrected chi connectivity index (χ2v) is 4.78. The van der Waals surface area contributed by atoms with E-state index in [2.05, 4.69) is 26.1 Å². The van der Waals surface area contributed by atoms with Crippen molar-refractivity contribution in [2.24, 2.45) is 0 Å². The number of hydrogen-bond acceptors (Lipinski definition) is 2. The van der Waals surface area contributed by atoms with Crippen molar-refractivity contribution in [1.29, 1.82) is 0 Å². The van der Waals surface area contributed by atoms with Crippen molar-refractivity contribution >= 4 is 15.9 Å². The van der Waals surface area contributed by atoms with Crippen molar-refractivity contribution in [2.75, 3.05) is 0 Å². The zero-order valence-electron chi connectivity index (χ0n) is 8.40. The van der Waals surface area contributed by atoms with E-state index in [1.165, 1.54) is 6.07 Å². The summed E-state index contributed by atoms with van der Waals surface area (Å²) < 4.78 is 15.9. The van der Waals surface area contributed by atoms with Crippen molar-refractivity contribution < 1.29 is 4.39 Å².